The Morgan fingerprint density at radius 3 is 2.84 bits per heavy atom. The molecule has 0 bridgehead atoms. The van der Waals surface area contributed by atoms with Gasteiger partial charge in [0.2, 0.25) is 0 Å². The quantitative estimate of drug-likeness (QED) is 0.770. The van der Waals surface area contributed by atoms with Crippen molar-refractivity contribution in [2.24, 2.45) is 0 Å². The Balaban J connectivity index is 1.98. The number of hydrogen-bond acceptors (Lipinski definition) is 2. The van der Waals surface area contributed by atoms with E-state index in [0.29, 0.717) is 12.2 Å². The molecule has 0 aliphatic carbocycles. The zero-order chi connectivity index (χ0) is 13.2. The zero-order valence-electron chi connectivity index (χ0n) is 10.4. The van der Waals surface area contributed by atoms with Crippen LogP contribution in [0.3, 0.4) is 0 Å². The van der Waals surface area contributed by atoms with Gasteiger partial charge in [-0.15, -0.1) is 0 Å². The second-order valence-electron chi connectivity index (χ2n) is 4.58. The Morgan fingerprint density at radius 2 is 2.00 bits per heavy atom. The molecule has 1 aliphatic heterocycles. The molecule has 0 aromatic heterocycles. The predicted molar refractivity (Wildman–Crippen MR) is 70.1 cm³/mol. The average molecular weight is 256 g/mol. The lowest BCUT2D eigenvalue weighted by Crippen LogP contribution is -2.10. The summed E-state index contributed by atoms with van der Waals surface area (Å²) < 4.78 is 19.1. The summed E-state index contributed by atoms with van der Waals surface area (Å²) in [5, 5.41) is 0. The van der Waals surface area contributed by atoms with Gasteiger partial charge in [-0.1, -0.05) is 12.1 Å². The maximum Gasteiger partial charge on any atom is 0.195 e. The molecule has 0 spiro atoms. The van der Waals surface area contributed by atoms with Crippen molar-refractivity contribution < 1.29 is 13.9 Å². The molecule has 0 amide bonds. The van der Waals surface area contributed by atoms with Crippen molar-refractivity contribution in [1.82, 2.24) is 0 Å². The fourth-order valence-electron chi connectivity index (χ4n) is 2.30. The number of carbonyl (C=O) groups excluding carboxylic acids is 1. The van der Waals surface area contributed by atoms with Crippen LogP contribution in [0.5, 0.6) is 5.75 Å². The lowest BCUT2D eigenvalue weighted by atomic mass is 9.98. The largest absolute Gasteiger partial charge is 0.493 e. The van der Waals surface area contributed by atoms with E-state index in [9.17, 15) is 9.18 Å². The first kappa shape index (κ1) is 11.9. The lowest BCUT2D eigenvalue weighted by Gasteiger charge is -2.17. The Labute approximate surface area is 110 Å². The maximum absolute atomic E-state index is 13.6. The fraction of sp³-hybridized carbons (Fsp3) is 0.188. The number of benzene rings is 2. The van der Waals surface area contributed by atoms with Crippen LogP contribution < -0.4 is 4.74 Å². The highest BCUT2D eigenvalue weighted by atomic mass is 19.1. The van der Waals surface area contributed by atoms with E-state index >= 15 is 0 Å². The first-order chi connectivity index (χ1) is 9.25. The van der Waals surface area contributed by atoms with Gasteiger partial charge >= 0.3 is 0 Å². The first-order valence-corrected chi connectivity index (χ1v) is 6.30. The van der Waals surface area contributed by atoms with E-state index in [1.807, 2.05) is 6.07 Å². The van der Waals surface area contributed by atoms with Crippen LogP contribution in [-0.2, 0) is 6.42 Å². The molecule has 19 heavy (non-hydrogen) atoms. The van der Waals surface area contributed by atoms with E-state index in [1.54, 1.807) is 24.3 Å². The number of fused-ring (bicyclic) bond motifs is 1. The summed E-state index contributed by atoms with van der Waals surface area (Å²) in [6.07, 6.45) is 1.85. The minimum atomic E-state index is -0.485. The van der Waals surface area contributed by atoms with Gasteiger partial charge in [0, 0.05) is 5.56 Å². The van der Waals surface area contributed by atoms with E-state index < -0.39 is 5.82 Å². The van der Waals surface area contributed by atoms with Crippen molar-refractivity contribution in [2.75, 3.05) is 6.61 Å². The van der Waals surface area contributed by atoms with Gasteiger partial charge in [0.05, 0.1) is 12.2 Å². The molecule has 0 saturated heterocycles. The van der Waals surface area contributed by atoms with Crippen molar-refractivity contribution in [3.05, 3.63) is 65.0 Å². The summed E-state index contributed by atoms with van der Waals surface area (Å²) >= 11 is 0. The summed E-state index contributed by atoms with van der Waals surface area (Å²) in [5.41, 5.74) is 1.64. The number of carbonyl (C=O) groups is 1. The molecule has 0 saturated carbocycles. The highest BCUT2D eigenvalue weighted by Gasteiger charge is 2.17. The molecule has 2 nitrogen and oxygen atoms in total. The van der Waals surface area contributed by atoms with E-state index in [2.05, 4.69) is 0 Å². The Hall–Kier alpha value is -2.16. The monoisotopic (exact) mass is 256 g/mol. The number of ketones is 1. The summed E-state index contributed by atoms with van der Waals surface area (Å²) in [5.74, 6) is 0.0595. The number of ether oxygens (including phenoxy) is 1. The number of halogens is 1. The van der Waals surface area contributed by atoms with Gasteiger partial charge in [-0.2, -0.15) is 0 Å². The van der Waals surface area contributed by atoms with Crippen molar-refractivity contribution in [3.63, 3.8) is 0 Å². The highest BCUT2D eigenvalue weighted by Crippen LogP contribution is 2.26. The van der Waals surface area contributed by atoms with Crippen LogP contribution in [0.4, 0.5) is 4.39 Å². The predicted octanol–water partition coefficient (Wildman–Crippen LogP) is 3.38. The third kappa shape index (κ3) is 2.24. The molecule has 3 rings (SSSR count). The van der Waals surface area contributed by atoms with Gasteiger partial charge in [0.25, 0.3) is 0 Å². The molecule has 0 unspecified atom stereocenters. The van der Waals surface area contributed by atoms with Crippen LogP contribution in [0.2, 0.25) is 0 Å². The lowest BCUT2D eigenvalue weighted by molar-refractivity contribution is 0.103. The van der Waals surface area contributed by atoms with E-state index in [4.69, 9.17) is 4.74 Å². The minimum absolute atomic E-state index is 0.110. The van der Waals surface area contributed by atoms with Crippen molar-refractivity contribution in [2.45, 2.75) is 12.8 Å². The van der Waals surface area contributed by atoms with Crippen molar-refractivity contribution in [3.8, 4) is 5.75 Å². The van der Waals surface area contributed by atoms with Gasteiger partial charge in [0.1, 0.15) is 11.6 Å². The molecule has 96 valence electrons. The Bertz CT molecular complexity index is 634. The number of hydrogen-bond donors (Lipinski definition) is 0. The van der Waals surface area contributed by atoms with Crippen LogP contribution in [0.15, 0.2) is 42.5 Å². The van der Waals surface area contributed by atoms with Gasteiger partial charge in [-0.3, -0.25) is 4.79 Å². The summed E-state index contributed by atoms with van der Waals surface area (Å²) in [6, 6.07) is 11.3. The van der Waals surface area contributed by atoms with Gasteiger partial charge in [-0.05, 0) is 48.7 Å². The normalized spacial score (nSPS) is 13.5. The topological polar surface area (TPSA) is 26.3 Å². The van der Waals surface area contributed by atoms with Crippen LogP contribution in [0.25, 0.3) is 0 Å². The van der Waals surface area contributed by atoms with Crippen molar-refractivity contribution in [1.29, 1.82) is 0 Å². The molecule has 2 aromatic rings. The standard InChI is InChI=1S/C16H13FO2/c17-14-6-2-1-5-13(14)16(18)12-7-8-15-11(10-12)4-3-9-19-15/h1-2,5-8,10H,3-4,9H2. The molecule has 1 heterocycles. The molecule has 2 aromatic carbocycles. The molecule has 0 radical (unpaired) electrons. The fourth-order valence-corrected chi connectivity index (χ4v) is 2.30. The summed E-state index contributed by atoms with van der Waals surface area (Å²) in [4.78, 5) is 12.3. The van der Waals surface area contributed by atoms with Gasteiger partial charge < -0.3 is 4.74 Å². The maximum atomic E-state index is 13.6. The molecule has 3 heteroatoms. The number of rotatable bonds is 2. The average Bonchev–Trinajstić information content (AvgIpc) is 2.46. The van der Waals surface area contributed by atoms with Gasteiger partial charge in [-0.25, -0.2) is 4.39 Å². The van der Waals surface area contributed by atoms with Crippen LogP contribution in [0.1, 0.15) is 27.9 Å². The summed E-state index contributed by atoms with van der Waals surface area (Å²) in [7, 11) is 0. The smallest absolute Gasteiger partial charge is 0.195 e. The van der Waals surface area contributed by atoms with Crippen LogP contribution in [0, 0.1) is 5.82 Å². The zero-order valence-corrected chi connectivity index (χ0v) is 10.4. The highest BCUT2D eigenvalue weighted by molar-refractivity contribution is 6.09. The Kier molecular flexibility index (Phi) is 3.03. The molecule has 0 N–H and O–H groups in total. The number of aryl methyl sites for hydroxylation is 1. The molecular weight excluding hydrogens is 243 g/mol. The molecule has 0 atom stereocenters. The van der Waals surface area contributed by atoms with Crippen LogP contribution in [-0.4, -0.2) is 12.4 Å². The molecule has 0 fully saturated rings. The minimum Gasteiger partial charge on any atom is -0.493 e. The van der Waals surface area contributed by atoms with E-state index in [-0.39, 0.29) is 11.3 Å². The van der Waals surface area contributed by atoms with Crippen LogP contribution >= 0.6 is 0 Å². The van der Waals surface area contributed by atoms with Gasteiger partial charge in [0.15, 0.2) is 5.78 Å². The Morgan fingerprint density at radius 1 is 1.16 bits per heavy atom. The second-order valence-corrected chi connectivity index (χ2v) is 4.58. The van der Waals surface area contributed by atoms with Crippen molar-refractivity contribution >= 4 is 5.78 Å². The third-order valence-electron chi connectivity index (χ3n) is 3.29. The first-order valence-electron chi connectivity index (χ1n) is 6.30. The third-order valence-corrected chi connectivity index (χ3v) is 3.29. The second kappa shape index (κ2) is 4.84. The van der Waals surface area contributed by atoms with E-state index in [0.717, 1.165) is 24.2 Å². The van der Waals surface area contributed by atoms with E-state index in [1.165, 1.54) is 12.1 Å². The molecule has 1 aliphatic rings. The molecular formula is C16H13FO2. The SMILES string of the molecule is O=C(c1ccc2c(c1)CCCO2)c1ccccc1F. The summed E-state index contributed by atoms with van der Waals surface area (Å²) in [6.45, 7) is 0.716.